The summed E-state index contributed by atoms with van der Waals surface area (Å²) < 4.78 is 12.6. The molecule has 0 saturated carbocycles. The highest BCUT2D eigenvalue weighted by Gasteiger charge is 2.18. The Morgan fingerprint density at radius 1 is 0.340 bits per heavy atom. The third-order valence-corrected chi connectivity index (χ3v) is 9.92. The van der Waals surface area contributed by atoms with Crippen LogP contribution < -0.4 is 4.90 Å². The van der Waals surface area contributed by atoms with Gasteiger partial charge in [-0.2, -0.15) is 0 Å². The third kappa shape index (κ3) is 5.63. The van der Waals surface area contributed by atoms with Crippen molar-refractivity contribution in [2.45, 2.75) is 0 Å². The van der Waals surface area contributed by atoms with Crippen molar-refractivity contribution in [2.75, 3.05) is 4.90 Å². The van der Waals surface area contributed by atoms with Gasteiger partial charge in [0.25, 0.3) is 0 Å². The number of anilines is 3. The van der Waals surface area contributed by atoms with Crippen LogP contribution in [0.25, 0.3) is 77.9 Å². The molecule has 0 aliphatic carbocycles. The van der Waals surface area contributed by atoms with Gasteiger partial charge in [-0.1, -0.05) is 121 Å². The largest absolute Gasteiger partial charge is 0.456 e. The van der Waals surface area contributed by atoms with Crippen LogP contribution in [0.4, 0.5) is 17.1 Å². The lowest BCUT2D eigenvalue weighted by molar-refractivity contribution is 0.619. The zero-order valence-electron chi connectivity index (χ0n) is 28.7. The van der Waals surface area contributed by atoms with Crippen molar-refractivity contribution in [1.82, 2.24) is 4.98 Å². The van der Waals surface area contributed by atoms with Crippen LogP contribution in [0.2, 0.25) is 0 Å². The number of fused-ring (bicyclic) bond motifs is 5. The summed E-state index contributed by atoms with van der Waals surface area (Å²) >= 11 is 0. The molecule has 0 fully saturated rings. The van der Waals surface area contributed by atoms with Gasteiger partial charge in [0.2, 0.25) is 5.89 Å². The minimum absolute atomic E-state index is 0.604. The van der Waals surface area contributed by atoms with E-state index in [1.165, 1.54) is 22.3 Å². The highest BCUT2D eigenvalue weighted by molar-refractivity contribution is 6.17. The molecule has 0 bridgehead atoms. The maximum Gasteiger partial charge on any atom is 0.227 e. The summed E-state index contributed by atoms with van der Waals surface area (Å²) in [6, 6.07) is 67.7. The van der Waals surface area contributed by atoms with E-state index in [0.29, 0.717) is 5.89 Å². The Balaban J connectivity index is 1.02. The molecule has 250 valence electrons. The maximum atomic E-state index is 6.41. The van der Waals surface area contributed by atoms with E-state index in [0.717, 1.165) is 66.8 Å². The van der Waals surface area contributed by atoms with Gasteiger partial charge in [-0.15, -0.1) is 0 Å². The zero-order chi connectivity index (χ0) is 35.1. The number of nitrogens with zero attached hydrogens (tertiary/aromatic N) is 2. The molecule has 0 radical (unpaired) electrons. The minimum atomic E-state index is 0.604. The summed E-state index contributed by atoms with van der Waals surface area (Å²) in [4.78, 5) is 7.22. The van der Waals surface area contributed by atoms with Crippen LogP contribution in [0.5, 0.6) is 0 Å². The van der Waals surface area contributed by atoms with E-state index in [1.54, 1.807) is 0 Å². The molecule has 10 rings (SSSR count). The molecule has 4 heteroatoms. The maximum absolute atomic E-state index is 6.41. The Bertz CT molecular complexity index is 2860. The van der Waals surface area contributed by atoms with Gasteiger partial charge in [-0.05, 0) is 106 Å². The Kier molecular flexibility index (Phi) is 7.43. The Morgan fingerprint density at radius 2 is 0.849 bits per heavy atom. The average Bonchev–Trinajstić information content (AvgIpc) is 3.84. The van der Waals surface area contributed by atoms with Gasteiger partial charge in [0.05, 0.1) is 5.39 Å². The molecular weight excluding hydrogens is 649 g/mol. The summed E-state index contributed by atoms with van der Waals surface area (Å²) in [6.07, 6.45) is 0. The third-order valence-electron chi connectivity index (χ3n) is 9.92. The Morgan fingerprint density at radius 3 is 1.51 bits per heavy atom. The first-order valence-corrected chi connectivity index (χ1v) is 17.8. The molecule has 0 spiro atoms. The molecule has 2 aromatic heterocycles. The van der Waals surface area contributed by atoms with E-state index in [1.807, 2.05) is 42.5 Å². The van der Waals surface area contributed by atoms with Gasteiger partial charge < -0.3 is 13.7 Å². The van der Waals surface area contributed by atoms with Crippen LogP contribution >= 0.6 is 0 Å². The smallest absolute Gasteiger partial charge is 0.227 e. The zero-order valence-corrected chi connectivity index (χ0v) is 28.7. The summed E-state index contributed by atoms with van der Waals surface area (Å²) in [7, 11) is 0. The first-order chi connectivity index (χ1) is 26.2. The topological polar surface area (TPSA) is 42.4 Å². The number of rotatable bonds is 7. The fraction of sp³-hybridized carbons (Fsp3) is 0. The molecular formula is C49H32N2O2. The monoisotopic (exact) mass is 680 g/mol. The summed E-state index contributed by atoms with van der Waals surface area (Å²) in [5.41, 5.74) is 14.3. The predicted molar refractivity (Wildman–Crippen MR) is 218 cm³/mol. The SMILES string of the molecule is c1ccc(-c2ccc(N(c3ccc(-c4ccc5c(c4)oc4ccc6oc(-c7ccccc7)nc6c45)cc3)c3cccc(-c4ccccc4)c3)cc2)cc1. The molecule has 53 heavy (non-hydrogen) atoms. The lowest BCUT2D eigenvalue weighted by atomic mass is 10.0. The Labute approximate surface area is 306 Å². The van der Waals surface area contributed by atoms with Crippen molar-refractivity contribution >= 4 is 50.1 Å². The number of hydrogen-bond acceptors (Lipinski definition) is 4. The van der Waals surface area contributed by atoms with Crippen molar-refractivity contribution in [3.05, 3.63) is 194 Å². The first-order valence-electron chi connectivity index (χ1n) is 17.8. The summed E-state index contributed by atoms with van der Waals surface area (Å²) in [6.45, 7) is 0. The average molecular weight is 681 g/mol. The van der Waals surface area contributed by atoms with Gasteiger partial charge in [-0.3, -0.25) is 0 Å². The van der Waals surface area contributed by atoms with Crippen molar-refractivity contribution in [3.8, 4) is 44.8 Å². The van der Waals surface area contributed by atoms with E-state index < -0.39 is 0 Å². The molecule has 2 heterocycles. The fourth-order valence-corrected chi connectivity index (χ4v) is 7.28. The number of furan rings is 1. The van der Waals surface area contributed by atoms with Crippen molar-refractivity contribution in [2.24, 2.45) is 0 Å². The number of oxazole rings is 1. The highest BCUT2D eigenvalue weighted by atomic mass is 16.4. The quantitative estimate of drug-likeness (QED) is 0.168. The van der Waals surface area contributed by atoms with Crippen LogP contribution in [0.3, 0.4) is 0 Å². The van der Waals surface area contributed by atoms with Crippen molar-refractivity contribution in [3.63, 3.8) is 0 Å². The first kappa shape index (κ1) is 30.6. The highest BCUT2D eigenvalue weighted by Crippen LogP contribution is 2.40. The molecule has 0 saturated heterocycles. The molecule has 0 atom stereocenters. The van der Waals surface area contributed by atoms with E-state index >= 15 is 0 Å². The number of hydrogen-bond donors (Lipinski definition) is 0. The lowest BCUT2D eigenvalue weighted by Gasteiger charge is -2.26. The van der Waals surface area contributed by atoms with Gasteiger partial charge in [-0.25, -0.2) is 4.98 Å². The van der Waals surface area contributed by atoms with Gasteiger partial charge in [0.1, 0.15) is 16.7 Å². The number of benzene rings is 8. The second-order valence-electron chi connectivity index (χ2n) is 13.2. The van der Waals surface area contributed by atoms with Crippen LogP contribution in [-0.4, -0.2) is 4.98 Å². The molecule has 0 amide bonds. The molecule has 0 unspecified atom stereocenters. The molecule has 0 aliphatic rings. The normalized spacial score (nSPS) is 11.4. The van der Waals surface area contributed by atoms with Crippen LogP contribution in [0, 0.1) is 0 Å². The fourth-order valence-electron chi connectivity index (χ4n) is 7.28. The van der Waals surface area contributed by atoms with Crippen molar-refractivity contribution in [1.29, 1.82) is 0 Å². The predicted octanol–water partition coefficient (Wildman–Crippen LogP) is 13.9. The minimum Gasteiger partial charge on any atom is -0.456 e. The van der Waals surface area contributed by atoms with E-state index in [-0.39, 0.29) is 0 Å². The molecule has 8 aromatic carbocycles. The van der Waals surface area contributed by atoms with E-state index in [2.05, 4.69) is 157 Å². The van der Waals surface area contributed by atoms with Crippen LogP contribution in [0.15, 0.2) is 203 Å². The van der Waals surface area contributed by atoms with E-state index in [4.69, 9.17) is 13.8 Å². The van der Waals surface area contributed by atoms with Gasteiger partial charge in [0, 0.05) is 28.0 Å². The summed E-state index contributed by atoms with van der Waals surface area (Å²) in [5, 5.41) is 1.99. The second kappa shape index (κ2) is 12.9. The standard InChI is InChI=1S/C49H32N2O2/c1-4-11-33(12-5-1)35-19-24-40(25-20-35)51(42-18-10-17-38(31-42)34-13-6-2-7-14-34)41-26-21-36(22-27-41)39-23-28-43-46(32-39)52-44-29-30-45-48(47(43)44)50-49(53-45)37-15-8-3-9-16-37/h1-32H. The van der Waals surface area contributed by atoms with Crippen molar-refractivity contribution < 1.29 is 8.83 Å². The molecule has 0 aliphatic heterocycles. The van der Waals surface area contributed by atoms with Gasteiger partial charge in [0.15, 0.2) is 5.58 Å². The van der Waals surface area contributed by atoms with Crippen LogP contribution in [0.1, 0.15) is 0 Å². The summed E-state index contributed by atoms with van der Waals surface area (Å²) in [5.74, 6) is 0.604. The number of aromatic nitrogens is 1. The lowest BCUT2D eigenvalue weighted by Crippen LogP contribution is -2.10. The van der Waals surface area contributed by atoms with E-state index in [9.17, 15) is 0 Å². The molecule has 10 aromatic rings. The molecule has 4 nitrogen and oxygen atoms in total. The van der Waals surface area contributed by atoms with Crippen LogP contribution in [-0.2, 0) is 0 Å². The molecule has 0 N–H and O–H groups in total. The second-order valence-corrected chi connectivity index (χ2v) is 13.2. The van der Waals surface area contributed by atoms with Gasteiger partial charge >= 0.3 is 0 Å². The Hall–Kier alpha value is -7.17.